The molecule has 2 aromatic rings. The van der Waals surface area contributed by atoms with E-state index in [-0.39, 0.29) is 5.69 Å². The summed E-state index contributed by atoms with van der Waals surface area (Å²) in [5, 5.41) is 2.41. The predicted octanol–water partition coefficient (Wildman–Crippen LogP) is 4.65. The number of nitrogens with one attached hydrogen (secondary N) is 1. The summed E-state index contributed by atoms with van der Waals surface area (Å²) in [5.74, 6) is -1.07. The van der Waals surface area contributed by atoms with Crippen LogP contribution in [0.1, 0.15) is 29.9 Å². The highest BCUT2D eigenvalue weighted by Gasteiger charge is 2.34. The first-order valence-electron chi connectivity index (χ1n) is 8.17. The van der Waals surface area contributed by atoms with Crippen LogP contribution in [0.4, 0.5) is 28.0 Å². The molecule has 4 nitrogen and oxygen atoms in total. The largest absolute Gasteiger partial charge is 0.419 e. The van der Waals surface area contributed by atoms with Crippen molar-refractivity contribution < 1.29 is 22.4 Å². The van der Waals surface area contributed by atoms with E-state index < -0.39 is 23.6 Å². The monoisotopic (exact) mass is 367 g/mol. The Morgan fingerprint density at radius 2 is 1.92 bits per heavy atom. The second kappa shape index (κ2) is 7.31. The number of hydrogen-bond acceptors (Lipinski definition) is 2. The minimum atomic E-state index is -4.81. The molecule has 1 aliphatic heterocycles. The number of aromatic nitrogens is 1. The molecule has 0 radical (unpaired) electrons. The van der Waals surface area contributed by atoms with Crippen LogP contribution in [-0.2, 0) is 6.18 Å². The number of carbonyl (C=O) groups is 1. The van der Waals surface area contributed by atoms with E-state index in [1.54, 1.807) is 17.3 Å². The van der Waals surface area contributed by atoms with Crippen molar-refractivity contribution >= 4 is 11.7 Å². The van der Waals surface area contributed by atoms with Crippen molar-refractivity contribution in [3.8, 4) is 0 Å². The number of rotatable bonds is 2. The number of halogens is 4. The third-order valence-electron chi connectivity index (χ3n) is 4.46. The smallest absolute Gasteiger partial charge is 0.324 e. The maximum absolute atomic E-state index is 13.3. The van der Waals surface area contributed by atoms with Crippen molar-refractivity contribution in [2.45, 2.75) is 24.9 Å². The van der Waals surface area contributed by atoms with Crippen LogP contribution in [0.3, 0.4) is 0 Å². The van der Waals surface area contributed by atoms with Gasteiger partial charge in [0, 0.05) is 31.2 Å². The Bertz CT molecular complexity index is 772. The number of pyridine rings is 1. The van der Waals surface area contributed by atoms with Gasteiger partial charge in [-0.15, -0.1) is 0 Å². The Labute approximate surface area is 147 Å². The average molecular weight is 367 g/mol. The Hall–Kier alpha value is -2.64. The number of urea groups is 1. The van der Waals surface area contributed by atoms with Gasteiger partial charge in [0.25, 0.3) is 0 Å². The van der Waals surface area contributed by atoms with Gasteiger partial charge < -0.3 is 10.2 Å². The second-order valence-electron chi connectivity index (χ2n) is 6.17. The zero-order valence-electron chi connectivity index (χ0n) is 13.8. The quantitative estimate of drug-likeness (QED) is 0.786. The van der Waals surface area contributed by atoms with Crippen molar-refractivity contribution in [2.75, 3.05) is 18.4 Å². The van der Waals surface area contributed by atoms with Gasteiger partial charge in [0.15, 0.2) is 0 Å². The molecule has 0 unspecified atom stereocenters. The molecule has 0 bridgehead atoms. The lowest BCUT2D eigenvalue weighted by Gasteiger charge is -2.32. The van der Waals surface area contributed by atoms with Gasteiger partial charge >= 0.3 is 12.2 Å². The van der Waals surface area contributed by atoms with Crippen LogP contribution < -0.4 is 5.32 Å². The Balaban J connectivity index is 1.61. The van der Waals surface area contributed by atoms with Crippen molar-refractivity contribution in [1.29, 1.82) is 0 Å². The van der Waals surface area contributed by atoms with Crippen LogP contribution in [0.2, 0.25) is 0 Å². The first-order valence-corrected chi connectivity index (χ1v) is 8.17. The van der Waals surface area contributed by atoms with Gasteiger partial charge in [-0.25, -0.2) is 9.18 Å². The molecular weight excluding hydrogens is 350 g/mol. The number of nitrogens with zero attached hydrogens (tertiary/aromatic N) is 2. The fourth-order valence-corrected chi connectivity index (χ4v) is 3.06. The van der Waals surface area contributed by atoms with Gasteiger partial charge in [-0.2, -0.15) is 13.2 Å². The van der Waals surface area contributed by atoms with E-state index in [0.717, 1.165) is 24.5 Å². The molecule has 1 N–H and O–H groups in total. The topological polar surface area (TPSA) is 45.2 Å². The summed E-state index contributed by atoms with van der Waals surface area (Å²) in [4.78, 5) is 17.9. The molecule has 0 aliphatic carbocycles. The first kappa shape index (κ1) is 18.2. The zero-order valence-corrected chi connectivity index (χ0v) is 13.8. The molecule has 8 heteroatoms. The molecule has 1 aromatic carbocycles. The second-order valence-corrected chi connectivity index (χ2v) is 6.17. The van der Waals surface area contributed by atoms with E-state index in [4.69, 9.17) is 0 Å². The summed E-state index contributed by atoms with van der Waals surface area (Å²) in [6, 6.07) is 5.79. The van der Waals surface area contributed by atoms with Crippen LogP contribution in [0.5, 0.6) is 0 Å². The number of anilines is 1. The summed E-state index contributed by atoms with van der Waals surface area (Å²) in [7, 11) is 0. The number of carbonyl (C=O) groups excluding carboxylic acids is 1. The Morgan fingerprint density at radius 3 is 2.54 bits per heavy atom. The molecule has 2 amide bonds. The number of likely N-dealkylation sites (tertiary alicyclic amines) is 1. The van der Waals surface area contributed by atoms with E-state index in [0.29, 0.717) is 31.1 Å². The molecule has 0 saturated carbocycles. The number of alkyl halides is 3. The SMILES string of the molecule is O=C(Nc1ccc(F)c(C(F)(F)F)c1)N1CCC(c2cccnc2)CC1. The van der Waals surface area contributed by atoms with E-state index in [2.05, 4.69) is 10.3 Å². The van der Waals surface area contributed by atoms with Crippen molar-refractivity contribution in [1.82, 2.24) is 9.88 Å². The number of hydrogen-bond donors (Lipinski definition) is 1. The van der Waals surface area contributed by atoms with Gasteiger partial charge in [0.2, 0.25) is 0 Å². The van der Waals surface area contributed by atoms with Crippen molar-refractivity contribution in [3.63, 3.8) is 0 Å². The highest BCUT2D eigenvalue weighted by atomic mass is 19.4. The van der Waals surface area contributed by atoms with Crippen LogP contribution in [-0.4, -0.2) is 29.0 Å². The lowest BCUT2D eigenvalue weighted by molar-refractivity contribution is -0.139. The van der Waals surface area contributed by atoms with Crippen LogP contribution >= 0.6 is 0 Å². The molecule has 1 saturated heterocycles. The Kier molecular flexibility index (Phi) is 5.11. The molecule has 1 aromatic heterocycles. The van der Waals surface area contributed by atoms with Crippen LogP contribution in [0, 0.1) is 5.82 Å². The fourth-order valence-electron chi connectivity index (χ4n) is 3.06. The fraction of sp³-hybridized carbons (Fsp3) is 0.333. The highest BCUT2D eigenvalue weighted by Crippen LogP contribution is 2.33. The number of amides is 2. The molecule has 2 heterocycles. The summed E-state index contributed by atoms with van der Waals surface area (Å²) in [5.41, 5.74) is -0.371. The van der Waals surface area contributed by atoms with Gasteiger partial charge in [0.05, 0.1) is 5.56 Å². The normalized spacial score (nSPS) is 15.8. The van der Waals surface area contributed by atoms with E-state index in [9.17, 15) is 22.4 Å². The zero-order chi connectivity index (χ0) is 18.7. The maximum Gasteiger partial charge on any atom is 0.419 e. The van der Waals surface area contributed by atoms with Gasteiger partial charge in [-0.05, 0) is 48.6 Å². The summed E-state index contributed by atoms with van der Waals surface area (Å²) in [6.07, 6.45) is 0.182. The van der Waals surface area contributed by atoms with Crippen molar-refractivity contribution in [3.05, 3.63) is 59.7 Å². The summed E-state index contributed by atoms with van der Waals surface area (Å²) < 4.78 is 51.6. The minimum absolute atomic E-state index is 0.0851. The maximum atomic E-state index is 13.3. The van der Waals surface area contributed by atoms with E-state index in [1.165, 1.54) is 0 Å². The van der Waals surface area contributed by atoms with E-state index >= 15 is 0 Å². The predicted molar refractivity (Wildman–Crippen MR) is 88.2 cm³/mol. The van der Waals surface area contributed by atoms with Crippen LogP contribution in [0.15, 0.2) is 42.7 Å². The minimum Gasteiger partial charge on any atom is -0.324 e. The summed E-state index contributed by atoms with van der Waals surface area (Å²) in [6.45, 7) is 0.970. The third kappa shape index (κ3) is 4.12. The highest BCUT2D eigenvalue weighted by molar-refractivity contribution is 5.89. The molecule has 138 valence electrons. The lowest BCUT2D eigenvalue weighted by atomic mass is 9.91. The number of benzene rings is 1. The van der Waals surface area contributed by atoms with E-state index in [1.807, 2.05) is 12.1 Å². The average Bonchev–Trinajstić information content (AvgIpc) is 2.63. The molecule has 26 heavy (non-hydrogen) atoms. The van der Waals surface area contributed by atoms with Crippen molar-refractivity contribution in [2.24, 2.45) is 0 Å². The molecular formula is C18H17F4N3O. The molecule has 1 fully saturated rings. The molecule has 1 aliphatic rings. The Morgan fingerprint density at radius 1 is 1.19 bits per heavy atom. The third-order valence-corrected chi connectivity index (χ3v) is 4.46. The first-order chi connectivity index (χ1) is 12.3. The van der Waals surface area contributed by atoms with Gasteiger partial charge in [0.1, 0.15) is 5.82 Å². The van der Waals surface area contributed by atoms with Crippen LogP contribution in [0.25, 0.3) is 0 Å². The molecule has 0 spiro atoms. The summed E-state index contributed by atoms with van der Waals surface area (Å²) >= 11 is 0. The standard InChI is InChI=1S/C18H17F4N3O/c19-16-4-3-14(10-15(16)18(20,21)22)24-17(26)25-8-5-12(6-9-25)13-2-1-7-23-11-13/h1-4,7,10-12H,5-6,8-9H2,(H,24,26). The lowest BCUT2D eigenvalue weighted by Crippen LogP contribution is -2.40. The molecule has 0 atom stereocenters. The molecule has 3 rings (SSSR count). The van der Waals surface area contributed by atoms with Gasteiger partial charge in [-0.1, -0.05) is 6.07 Å². The number of piperidine rings is 1. The van der Waals surface area contributed by atoms with Gasteiger partial charge in [-0.3, -0.25) is 4.98 Å².